The van der Waals surface area contributed by atoms with Crippen LogP contribution in [0.3, 0.4) is 0 Å². The number of likely N-dealkylation sites (tertiary alicyclic amines) is 1. The van der Waals surface area contributed by atoms with Crippen LogP contribution in [0.1, 0.15) is 22.3 Å². The molecule has 1 saturated heterocycles. The van der Waals surface area contributed by atoms with Gasteiger partial charge in [-0.2, -0.15) is 0 Å². The quantitative estimate of drug-likeness (QED) is 0.854. The molecule has 2 N–H and O–H groups in total. The standard InChI is InChI=1S/C12H15ClN2O.ClH/c1-8-4-9(6-10(13)5-8)12(16)15-3-2-11(14)7-15;/h4-6,11H,2-3,7,14H2,1H3;1H/t11-;/m1./s1. The number of halogens is 2. The lowest BCUT2D eigenvalue weighted by Gasteiger charge is -2.16. The summed E-state index contributed by atoms with van der Waals surface area (Å²) in [4.78, 5) is 13.9. The minimum Gasteiger partial charge on any atom is -0.337 e. The van der Waals surface area contributed by atoms with Gasteiger partial charge in [0.15, 0.2) is 0 Å². The van der Waals surface area contributed by atoms with E-state index in [1.807, 2.05) is 19.1 Å². The van der Waals surface area contributed by atoms with E-state index in [9.17, 15) is 4.79 Å². The predicted octanol–water partition coefficient (Wildman–Crippen LogP) is 2.24. The van der Waals surface area contributed by atoms with E-state index in [1.165, 1.54) is 0 Å². The lowest BCUT2D eigenvalue weighted by molar-refractivity contribution is 0.0791. The Morgan fingerprint density at radius 3 is 2.71 bits per heavy atom. The highest BCUT2D eigenvalue weighted by Crippen LogP contribution is 2.18. The molecule has 5 heteroatoms. The largest absolute Gasteiger partial charge is 0.337 e. The molecule has 0 spiro atoms. The summed E-state index contributed by atoms with van der Waals surface area (Å²) in [6, 6.07) is 5.52. The first-order valence-electron chi connectivity index (χ1n) is 5.38. The number of hydrogen-bond donors (Lipinski definition) is 1. The van der Waals surface area contributed by atoms with E-state index < -0.39 is 0 Å². The van der Waals surface area contributed by atoms with Crippen LogP contribution in [0.15, 0.2) is 18.2 Å². The van der Waals surface area contributed by atoms with E-state index in [4.69, 9.17) is 17.3 Å². The van der Waals surface area contributed by atoms with Crippen LogP contribution in [0.25, 0.3) is 0 Å². The highest BCUT2D eigenvalue weighted by Gasteiger charge is 2.24. The molecule has 1 fully saturated rings. The van der Waals surface area contributed by atoms with Crippen LogP contribution in [0, 0.1) is 6.92 Å². The SMILES string of the molecule is Cc1cc(Cl)cc(C(=O)N2CC[C@@H](N)C2)c1.Cl. The van der Waals surface area contributed by atoms with Crippen molar-refractivity contribution in [3.63, 3.8) is 0 Å². The Labute approximate surface area is 112 Å². The van der Waals surface area contributed by atoms with Gasteiger partial charge in [-0.3, -0.25) is 4.79 Å². The van der Waals surface area contributed by atoms with Crippen LogP contribution in [0.2, 0.25) is 5.02 Å². The number of nitrogens with zero attached hydrogens (tertiary/aromatic N) is 1. The number of carbonyl (C=O) groups excluding carboxylic acids is 1. The summed E-state index contributed by atoms with van der Waals surface area (Å²) in [5.41, 5.74) is 7.43. The first-order valence-corrected chi connectivity index (χ1v) is 5.76. The Hall–Kier alpha value is -0.770. The van der Waals surface area contributed by atoms with Crippen LogP contribution in [-0.2, 0) is 0 Å². The van der Waals surface area contributed by atoms with Crippen LogP contribution >= 0.6 is 24.0 Å². The average Bonchev–Trinajstić information content (AvgIpc) is 2.62. The van der Waals surface area contributed by atoms with Gasteiger partial charge in [-0.05, 0) is 37.1 Å². The molecule has 0 radical (unpaired) electrons. The molecule has 1 amide bonds. The van der Waals surface area contributed by atoms with E-state index in [1.54, 1.807) is 11.0 Å². The van der Waals surface area contributed by atoms with Crippen molar-refractivity contribution in [2.75, 3.05) is 13.1 Å². The number of amides is 1. The second-order valence-corrected chi connectivity index (χ2v) is 4.75. The Morgan fingerprint density at radius 1 is 1.47 bits per heavy atom. The van der Waals surface area contributed by atoms with E-state index in [-0.39, 0.29) is 24.4 Å². The molecule has 0 aromatic heterocycles. The van der Waals surface area contributed by atoms with Crippen molar-refractivity contribution in [3.05, 3.63) is 34.3 Å². The first kappa shape index (κ1) is 14.3. The molecule has 0 aliphatic carbocycles. The van der Waals surface area contributed by atoms with Gasteiger partial charge in [0.25, 0.3) is 5.91 Å². The molecule has 1 heterocycles. The fourth-order valence-electron chi connectivity index (χ4n) is 2.01. The Morgan fingerprint density at radius 2 is 2.18 bits per heavy atom. The number of carbonyl (C=O) groups is 1. The van der Waals surface area contributed by atoms with Gasteiger partial charge < -0.3 is 10.6 Å². The van der Waals surface area contributed by atoms with Crippen LogP contribution in [0.4, 0.5) is 0 Å². The molecule has 1 aromatic rings. The molecule has 1 aromatic carbocycles. The van der Waals surface area contributed by atoms with Gasteiger partial charge in [-0.25, -0.2) is 0 Å². The van der Waals surface area contributed by atoms with Crippen molar-refractivity contribution in [2.45, 2.75) is 19.4 Å². The Kier molecular flexibility index (Phi) is 4.80. The molecule has 0 unspecified atom stereocenters. The van der Waals surface area contributed by atoms with Crippen molar-refractivity contribution in [3.8, 4) is 0 Å². The van der Waals surface area contributed by atoms with Crippen LogP contribution < -0.4 is 5.73 Å². The Bertz CT molecular complexity index is 403. The monoisotopic (exact) mass is 274 g/mol. The average molecular weight is 275 g/mol. The van der Waals surface area contributed by atoms with Crippen LogP contribution in [0.5, 0.6) is 0 Å². The summed E-state index contributed by atoms with van der Waals surface area (Å²) < 4.78 is 0. The lowest BCUT2D eigenvalue weighted by atomic mass is 10.1. The van der Waals surface area contributed by atoms with E-state index in [2.05, 4.69) is 0 Å². The number of nitrogens with two attached hydrogens (primary N) is 1. The molecule has 3 nitrogen and oxygen atoms in total. The zero-order valence-electron chi connectivity index (χ0n) is 9.65. The first-order chi connectivity index (χ1) is 7.56. The predicted molar refractivity (Wildman–Crippen MR) is 71.9 cm³/mol. The van der Waals surface area contributed by atoms with Gasteiger partial charge in [-0.1, -0.05) is 11.6 Å². The third kappa shape index (κ3) is 3.35. The number of hydrogen-bond acceptors (Lipinski definition) is 2. The maximum atomic E-state index is 12.1. The number of benzene rings is 1. The second-order valence-electron chi connectivity index (χ2n) is 4.32. The topological polar surface area (TPSA) is 46.3 Å². The molecule has 0 bridgehead atoms. The van der Waals surface area contributed by atoms with Crippen molar-refractivity contribution in [2.24, 2.45) is 5.73 Å². The molecule has 1 aliphatic heterocycles. The highest BCUT2D eigenvalue weighted by atomic mass is 35.5. The highest BCUT2D eigenvalue weighted by molar-refractivity contribution is 6.31. The van der Waals surface area contributed by atoms with Gasteiger partial charge >= 0.3 is 0 Å². The fraction of sp³-hybridized carbons (Fsp3) is 0.417. The molecule has 1 aliphatic rings. The zero-order valence-corrected chi connectivity index (χ0v) is 11.2. The normalized spacial score (nSPS) is 19.0. The summed E-state index contributed by atoms with van der Waals surface area (Å²) in [5, 5.41) is 0.604. The summed E-state index contributed by atoms with van der Waals surface area (Å²) in [6.45, 7) is 3.31. The van der Waals surface area contributed by atoms with Crippen LogP contribution in [-0.4, -0.2) is 29.9 Å². The smallest absolute Gasteiger partial charge is 0.253 e. The zero-order chi connectivity index (χ0) is 11.7. The van der Waals surface area contributed by atoms with E-state index in [0.29, 0.717) is 17.1 Å². The van der Waals surface area contributed by atoms with Gasteiger partial charge in [-0.15, -0.1) is 12.4 Å². The van der Waals surface area contributed by atoms with Gasteiger partial charge in [0, 0.05) is 29.7 Å². The summed E-state index contributed by atoms with van der Waals surface area (Å²) in [7, 11) is 0. The third-order valence-electron chi connectivity index (χ3n) is 2.80. The van der Waals surface area contributed by atoms with E-state index >= 15 is 0 Å². The fourth-order valence-corrected chi connectivity index (χ4v) is 2.30. The molecule has 17 heavy (non-hydrogen) atoms. The minimum atomic E-state index is 0. The van der Waals surface area contributed by atoms with E-state index in [0.717, 1.165) is 18.5 Å². The summed E-state index contributed by atoms with van der Waals surface area (Å²) >= 11 is 5.93. The lowest BCUT2D eigenvalue weighted by Crippen LogP contribution is -2.31. The van der Waals surface area contributed by atoms with Crippen molar-refractivity contribution >= 4 is 29.9 Å². The molecule has 2 rings (SSSR count). The molecule has 1 atom stereocenters. The number of rotatable bonds is 1. The molecular formula is C12H16Cl2N2O. The maximum absolute atomic E-state index is 12.1. The molecule has 94 valence electrons. The summed E-state index contributed by atoms with van der Waals surface area (Å²) in [6.07, 6.45) is 0.880. The summed E-state index contributed by atoms with van der Waals surface area (Å²) in [5.74, 6) is 0.0264. The molecular weight excluding hydrogens is 259 g/mol. The maximum Gasteiger partial charge on any atom is 0.253 e. The van der Waals surface area contributed by atoms with Gasteiger partial charge in [0.1, 0.15) is 0 Å². The van der Waals surface area contributed by atoms with Gasteiger partial charge in [0.05, 0.1) is 0 Å². The number of aryl methyl sites for hydroxylation is 1. The van der Waals surface area contributed by atoms with Crippen molar-refractivity contribution in [1.29, 1.82) is 0 Å². The van der Waals surface area contributed by atoms with Crippen molar-refractivity contribution < 1.29 is 4.79 Å². The van der Waals surface area contributed by atoms with Crippen molar-refractivity contribution in [1.82, 2.24) is 4.90 Å². The van der Waals surface area contributed by atoms with Gasteiger partial charge in [0.2, 0.25) is 0 Å². The minimum absolute atomic E-state index is 0. The third-order valence-corrected chi connectivity index (χ3v) is 3.02. The second kappa shape index (κ2) is 5.71. The Balaban J connectivity index is 0.00000144. The molecule has 0 saturated carbocycles.